The number of hydrogen-bond acceptors (Lipinski definition) is 3. The Morgan fingerprint density at radius 2 is 2.00 bits per heavy atom. The molecule has 1 aromatic carbocycles. The molecule has 1 aliphatic heterocycles. The summed E-state index contributed by atoms with van der Waals surface area (Å²) in [7, 11) is 1.68. The number of hydrogen-bond donors (Lipinski definition) is 0. The highest BCUT2D eigenvalue weighted by Crippen LogP contribution is 2.18. The van der Waals surface area contributed by atoms with Crippen LogP contribution in [0, 0.1) is 5.92 Å². The Labute approximate surface area is 119 Å². The van der Waals surface area contributed by atoms with Crippen molar-refractivity contribution in [3.05, 3.63) is 35.9 Å². The van der Waals surface area contributed by atoms with Crippen molar-refractivity contribution in [2.75, 3.05) is 26.8 Å². The van der Waals surface area contributed by atoms with E-state index in [1.165, 1.54) is 0 Å². The van der Waals surface area contributed by atoms with Gasteiger partial charge in [-0.3, -0.25) is 9.59 Å². The van der Waals surface area contributed by atoms with Gasteiger partial charge in [-0.15, -0.1) is 0 Å². The Morgan fingerprint density at radius 3 is 2.70 bits per heavy atom. The number of Topliss-reactive ketones (excluding diaryl/α,β-unsaturated/α-hetero) is 1. The number of benzene rings is 1. The van der Waals surface area contributed by atoms with Gasteiger partial charge in [-0.1, -0.05) is 30.3 Å². The molecule has 2 rings (SSSR count). The lowest BCUT2D eigenvalue weighted by atomic mass is 10.1. The van der Waals surface area contributed by atoms with Crippen LogP contribution in [0.3, 0.4) is 0 Å². The Balaban J connectivity index is 1.77. The molecule has 1 atom stereocenters. The van der Waals surface area contributed by atoms with E-state index in [4.69, 9.17) is 4.74 Å². The van der Waals surface area contributed by atoms with E-state index < -0.39 is 0 Å². The molecular weight excluding hydrogens is 254 g/mol. The molecule has 0 saturated carbocycles. The van der Waals surface area contributed by atoms with Crippen LogP contribution in [0.1, 0.15) is 29.6 Å². The van der Waals surface area contributed by atoms with E-state index in [1.54, 1.807) is 19.2 Å². The van der Waals surface area contributed by atoms with E-state index in [0.717, 1.165) is 19.5 Å². The molecule has 1 fully saturated rings. The lowest BCUT2D eigenvalue weighted by Gasteiger charge is -2.16. The third-order valence-electron chi connectivity index (χ3n) is 3.70. The zero-order valence-electron chi connectivity index (χ0n) is 11.9. The molecule has 4 heteroatoms. The third kappa shape index (κ3) is 3.90. The normalized spacial score (nSPS) is 18.2. The molecule has 20 heavy (non-hydrogen) atoms. The first kappa shape index (κ1) is 14.7. The van der Waals surface area contributed by atoms with Crippen LogP contribution in [-0.2, 0) is 9.53 Å². The average molecular weight is 275 g/mol. The summed E-state index contributed by atoms with van der Waals surface area (Å²) in [5.41, 5.74) is 0.680. The summed E-state index contributed by atoms with van der Waals surface area (Å²) in [6, 6.07) is 9.13. The predicted molar refractivity (Wildman–Crippen MR) is 76.6 cm³/mol. The highest BCUT2D eigenvalue weighted by atomic mass is 16.5. The summed E-state index contributed by atoms with van der Waals surface area (Å²) < 4.78 is 5.12. The van der Waals surface area contributed by atoms with Crippen LogP contribution in [0.4, 0.5) is 0 Å². The minimum atomic E-state index is 0.0339. The second-order valence-corrected chi connectivity index (χ2v) is 5.24. The SMILES string of the molecule is COC[C@@H]1CCN(C(=O)CCC(=O)c2ccccc2)C1. The Morgan fingerprint density at radius 1 is 1.25 bits per heavy atom. The van der Waals surface area contributed by atoms with Gasteiger partial charge in [0, 0.05) is 44.5 Å². The van der Waals surface area contributed by atoms with Crippen LogP contribution in [0.5, 0.6) is 0 Å². The van der Waals surface area contributed by atoms with Gasteiger partial charge in [0.25, 0.3) is 0 Å². The molecule has 1 amide bonds. The highest BCUT2D eigenvalue weighted by Gasteiger charge is 2.26. The van der Waals surface area contributed by atoms with Gasteiger partial charge in [0.05, 0.1) is 6.61 Å². The van der Waals surface area contributed by atoms with Crippen molar-refractivity contribution < 1.29 is 14.3 Å². The fourth-order valence-corrected chi connectivity index (χ4v) is 2.58. The number of nitrogens with zero attached hydrogens (tertiary/aromatic N) is 1. The van der Waals surface area contributed by atoms with Gasteiger partial charge in [0.1, 0.15) is 0 Å². The monoisotopic (exact) mass is 275 g/mol. The molecule has 0 radical (unpaired) electrons. The fourth-order valence-electron chi connectivity index (χ4n) is 2.58. The predicted octanol–water partition coefficient (Wildman–Crippen LogP) is 2.14. The van der Waals surface area contributed by atoms with Gasteiger partial charge >= 0.3 is 0 Å². The standard InChI is InChI=1S/C16H21NO3/c1-20-12-13-9-10-17(11-13)16(19)8-7-15(18)14-5-3-2-4-6-14/h2-6,13H,7-12H2,1H3/t13-/m1/s1. The van der Waals surface area contributed by atoms with Gasteiger partial charge < -0.3 is 9.64 Å². The number of likely N-dealkylation sites (tertiary alicyclic amines) is 1. The van der Waals surface area contributed by atoms with E-state index in [9.17, 15) is 9.59 Å². The number of methoxy groups -OCH3 is 1. The van der Waals surface area contributed by atoms with Crippen molar-refractivity contribution in [1.29, 1.82) is 0 Å². The van der Waals surface area contributed by atoms with E-state index >= 15 is 0 Å². The second kappa shape index (κ2) is 7.20. The minimum Gasteiger partial charge on any atom is -0.384 e. The first-order chi connectivity index (χ1) is 9.70. The van der Waals surface area contributed by atoms with Crippen molar-refractivity contribution in [2.45, 2.75) is 19.3 Å². The lowest BCUT2D eigenvalue weighted by molar-refractivity contribution is -0.130. The van der Waals surface area contributed by atoms with Gasteiger partial charge in [-0.05, 0) is 6.42 Å². The fraction of sp³-hybridized carbons (Fsp3) is 0.500. The van der Waals surface area contributed by atoms with E-state index in [0.29, 0.717) is 24.5 Å². The van der Waals surface area contributed by atoms with E-state index in [-0.39, 0.29) is 18.1 Å². The van der Waals surface area contributed by atoms with Gasteiger partial charge in [0.2, 0.25) is 5.91 Å². The average Bonchev–Trinajstić information content (AvgIpc) is 2.94. The summed E-state index contributed by atoms with van der Waals surface area (Å²) in [5.74, 6) is 0.549. The summed E-state index contributed by atoms with van der Waals surface area (Å²) in [5, 5.41) is 0. The van der Waals surface area contributed by atoms with Crippen LogP contribution in [0.15, 0.2) is 30.3 Å². The minimum absolute atomic E-state index is 0.0339. The lowest BCUT2D eigenvalue weighted by Crippen LogP contribution is -2.29. The van der Waals surface area contributed by atoms with Crippen LogP contribution in [0.2, 0.25) is 0 Å². The number of amides is 1. The molecule has 0 bridgehead atoms. The highest BCUT2D eigenvalue weighted by molar-refractivity contribution is 5.97. The summed E-state index contributed by atoms with van der Waals surface area (Å²) in [4.78, 5) is 25.9. The van der Waals surface area contributed by atoms with Gasteiger partial charge in [-0.2, -0.15) is 0 Å². The Bertz CT molecular complexity index is 458. The number of carbonyl (C=O) groups is 2. The van der Waals surface area contributed by atoms with E-state index in [2.05, 4.69) is 0 Å². The van der Waals surface area contributed by atoms with Crippen molar-refractivity contribution in [3.63, 3.8) is 0 Å². The molecule has 1 heterocycles. The summed E-state index contributed by atoms with van der Waals surface area (Å²) in [6.45, 7) is 2.24. The molecule has 0 aliphatic carbocycles. The Hall–Kier alpha value is -1.68. The molecule has 0 spiro atoms. The van der Waals surface area contributed by atoms with Crippen molar-refractivity contribution >= 4 is 11.7 Å². The quantitative estimate of drug-likeness (QED) is 0.747. The van der Waals surface area contributed by atoms with Gasteiger partial charge in [0.15, 0.2) is 5.78 Å². The molecule has 0 unspecified atom stereocenters. The third-order valence-corrected chi connectivity index (χ3v) is 3.70. The first-order valence-corrected chi connectivity index (χ1v) is 7.05. The van der Waals surface area contributed by atoms with Gasteiger partial charge in [-0.25, -0.2) is 0 Å². The topological polar surface area (TPSA) is 46.6 Å². The largest absolute Gasteiger partial charge is 0.384 e. The molecule has 0 N–H and O–H groups in total. The molecule has 1 aliphatic rings. The molecule has 1 saturated heterocycles. The van der Waals surface area contributed by atoms with E-state index in [1.807, 2.05) is 23.1 Å². The molecule has 4 nitrogen and oxygen atoms in total. The van der Waals surface area contributed by atoms with Crippen LogP contribution < -0.4 is 0 Å². The first-order valence-electron chi connectivity index (χ1n) is 7.05. The smallest absolute Gasteiger partial charge is 0.223 e. The van der Waals surface area contributed by atoms with Crippen LogP contribution in [-0.4, -0.2) is 43.4 Å². The summed E-state index contributed by atoms with van der Waals surface area (Å²) >= 11 is 0. The zero-order valence-corrected chi connectivity index (χ0v) is 11.9. The molecular formula is C16H21NO3. The van der Waals surface area contributed by atoms with Crippen molar-refractivity contribution in [3.8, 4) is 0 Å². The maximum Gasteiger partial charge on any atom is 0.223 e. The number of ether oxygens (including phenoxy) is 1. The summed E-state index contributed by atoms with van der Waals surface area (Å²) in [6.07, 6.45) is 1.58. The maximum absolute atomic E-state index is 12.1. The van der Waals surface area contributed by atoms with Crippen LogP contribution >= 0.6 is 0 Å². The molecule has 0 aromatic heterocycles. The zero-order chi connectivity index (χ0) is 14.4. The number of carbonyl (C=O) groups excluding carboxylic acids is 2. The van der Waals surface area contributed by atoms with Crippen molar-refractivity contribution in [1.82, 2.24) is 4.90 Å². The van der Waals surface area contributed by atoms with Crippen molar-refractivity contribution in [2.24, 2.45) is 5.92 Å². The Kier molecular flexibility index (Phi) is 5.30. The number of rotatable bonds is 6. The maximum atomic E-state index is 12.1. The number of ketones is 1. The molecule has 108 valence electrons. The van der Waals surface area contributed by atoms with Crippen LogP contribution in [0.25, 0.3) is 0 Å². The molecule has 1 aromatic rings. The second-order valence-electron chi connectivity index (χ2n) is 5.24.